The molecule has 6 nitrogen and oxygen atoms in total. The molecule has 1 amide bonds. The summed E-state index contributed by atoms with van der Waals surface area (Å²) in [6.07, 6.45) is 0. The average molecular weight is 495 g/mol. The van der Waals surface area contributed by atoms with Crippen LogP contribution in [0.25, 0.3) is 10.8 Å². The Bertz CT molecular complexity index is 1470. The number of rotatable bonds is 6. The molecule has 0 saturated heterocycles. The zero-order valence-corrected chi connectivity index (χ0v) is 20.1. The van der Waals surface area contributed by atoms with E-state index in [0.29, 0.717) is 5.56 Å². The highest BCUT2D eigenvalue weighted by atomic mass is 35.5. The summed E-state index contributed by atoms with van der Waals surface area (Å²) in [4.78, 5) is 13.4. The van der Waals surface area contributed by atoms with Crippen LogP contribution in [0.3, 0.4) is 0 Å². The van der Waals surface area contributed by atoms with Crippen LogP contribution in [0.2, 0.25) is 5.02 Å². The smallest absolute Gasteiger partial charge is 0.253 e. The lowest BCUT2D eigenvalue weighted by atomic mass is 9.92. The molecule has 0 bridgehead atoms. The van der Waals surface area contributed by atoms with E-state index in [0.717, 1.165) is 20.6 Å². The number of hydrogen-bond donors (Lipinski definition) is 2. The van der Waals surface area contributed by atoms with E-state index in [1.54, 1.807) is 6.07 Å². The van der Waals surface area contributed by atoms with Gasteiger partial charge in [-0.05, 0) is 40.6 Å². The van der Waals surface area contributed by atoms with Crippen LogP contribution in [-0.4, -0.2) is 37.8 Å². The first-order valence-electron chi connectivity index (χ1n) is 10.5. The summed E-state index contributed by atoms with van der Waals surface area (Å²) in [5.74, 6) is -0.537. The van der Waals surface area contributed by atoms with Gasteiger partial charge in [0.05, 0.1) is 21.5 Å². The number of nitrogens with one attached hydrogen (secondary N) is 1. The number of phenolic OH excluding ortho intramolecular Hbond substituents is 1. The molecule has 0 aliphatic rings. The lowest BCUT2D eigenvalue weighted by Crippen LogP contribution is -2.30. The van der Waals surface area contributed by atoms with Gasteiger partial charge in [-0.25, -0.2) is 12.7 Å². The third-order valence-corrected chi connectivity index (χ3v) is 7.75. The number of aromatic hydroxyl groups is 1. The first kappa shape index (κ1) is 23.8. The summed E-state index contributed by atoms with van der Waals surface area (Å²) in [6, 6.07) is 23.5. The SMILES string of the molecule is CN(C)S(=O)(=O)c1ccc(Cl)c(C(=O)N[C@@H](c2ccccc2)c2c(O)ccc3ccccc23)c1. The van der Waals surface area contributed by atoms with E-state index in [9.17, 15) is 18.3 Å². The second-order valence-electron chi connectivity index (χ2n) is 7.97. The highest BCUT2D eigenvalue weighted by molar-refractivity contribution is 7.89. The van der Waals surface area contributed by atoms with Crippen LogP contribution in [0, 0.1) is 0 Å². The molecule has 4 aromatic carbocycles. The highest BCUT2D eigenvalue weighted by Gasteiger charge is 2.26. The van der Waals surface area contributed by atoms with Crippen molar-refractivity contribution in [1.82, 2.24) is 9.62 Å². The normalized spacial score (nSPS) is 12.6. The van der Waals surface area contributed by atoms with Crippen LogP contribution >= 0.6 is 11.6 Å². The number of nitrogens with zero attached hydrogens (tertiary/aromatic N) is 1. The number of amides is 1. The van der Waals surface area contributed by atoms with Crippen LogP contribution in [0.5, 0.6) is 5.75 Å². The second kappa shape index (κ2) is 9.46. The van der Waals surface area contributed by atoms with Gasteiger partial charge < -0.3 is 10.4 Å². The maximum atomic E-state index is 13.4. The second-order valence-corrected chi connectivity index (χ2v) is 10.5. The Labute approximate surface area is 203 Å². The van der Waals surface area contributed by atoms with E-state index < -0.39 is 22.0 Å². The maximum Gasteiger partial charge on any atom is 0.253 e. The van der Waals surface area contributed by atoms with Crippen molar-refractivity contribution < 1.29 is 18.3 Å². The minimum atomic E-state index is -3.76. The highest BCUT2D eigenvalue weighted by Crippen LogP contribution is 2.36. The summed E-state index contributed by atoms with van der Waals surface area (Å²) in [5, 5.41) is 15.6. The van der Waals surface area contributed by atoms with Gasteiger partial charge in [0, 0.05) is 19.7 Å². The number of halogens is 1. The fourth-order valence-electron chi connectivity index (χ4n) is 3.81. The topological polar surface area (TPSA) is 86.7 Å². The zero-order chi connectivity index (χ0) is 24.5. The number of carbonyl (C=O) groups excluding carboxylic acids is 1. The van der Waals surface area contributed by atoms with Crippen molar-refractivity contribution in [3.63, 3.8) is 0 Å². The van der Waals surface area contributed by atoms with Gasteiger partial charge in [0.1, 0.15) is 5.75 Å². The largest absolute Gasteiger partial charge is 0.508 e. The molecule has 0 aliphatic carbocycles. The number of phenols is 1. The van der Waals surface area contributed by atoms with Gasteiger partial charge >= 0.3 is 0 Å². The molecule has 0 aliphatic heterocycles. The lowest BCUT2D eigenvalue weighted by molar-refractivity contribution is 0.0943. The molecule has 0 fully saturated rings. The quantitative estimate of drug-likeness (QED) is 0.396. The number of carbonyl (C=O) groups is 1. The molecule has 2 N–H and O–H groups in total. The van der Waals surface area contributed by atoms with Crippen molar-refractivity contribution in [2.45, 2.75) is 10.9 Å². The fraction of sp³-hybridized carbons (Fsp3) is 0.115. The number of hydrogen-bond acceptors (Lipinski definition) is 4. The first-order chi connectivity index (χ1) is 16.2. The zero-order valence-electron chi connectivity index (χ0n) is 18.6. The molecule has 0 heterocycles. The van der Waals surface area contributed by atoms with Crippen LogP contribution in [0.1, 0.15) is 27.5 Å². The van der Waals surface area contributed by atoms with E-state index in [-0.39, 0.29) is 21.2 Å². The van der Waals surface area contributed by atoms with E-state index in [1.165, 1.54) is 32.3 Å². The van der Waals surface area contributed by atoms with Crippen molar-refractivity contribution in [1.29, 1.82) is 0 Å². The van der Waals surface area contributed by atoms with Crippen molar-refractivity contribution in [2.75, 3.05) is 14.1 Å². The predicted molar refractivity (Wildman–Crippen MR) is 134 cm³/mol. The van der Waals surface area contributed by atoms with Crippen LogP contribution < -0.4 is 5.32 Å². The molecule has 0 aromatic heterocycles. The standard InChI is InChI=1S/C26H23ClN2O4S/c1-29(2)34(32,33)19-13-14-22(27)21(16-19)26(31)28-25(18-9-4-3-5-10-18)24-20-11-7-6-8-17(20)12-15-23(24)30/h3-16,25,30H,1-2H3,(H,28,31)/t25-/m0/s1. The van der Waals surface area contributed by atoms with Crippen molar-refractivity contribution in [3.05, 3.63) is 107 Å². The third-order valence-electron chi connectivity index (χ3n) is 5.61. The van der Waals surface area contributed by atoms with Gasteiger partial charge in [0.25, 0.3) is 5.91 Å². The predicted octanol–water partition coefficient (Wildman–Crippen LogP) is 4.97. The van der Waals surface area contributed by atoms with Gasteiger partial charge in [-0.3, -0.25) is 4.79 Å². The maximum absolute atomic E-state index is 13.4. The lowest BCUT2D eigenvalue weighted by Gasteiger charge is -2.23. The van der Waals surface area contributed by atoms with Crippen molar-refractivity contribution >= 4 is 38.3 Å². The molecule has 174 valence electrons. The van der Waals surface area contributed by atoms with Gasteiger partial charge in [-0.2, -0.15) is 0 Å². The fourth-order valence-corrected chi connectivity index (χ4v) is 4.95. The Hall–Kier alpha value is -3.39. The monoisotopic (exact) mass is 494 g/mol. The molecule has 0 saturated carbocycles. The molecule has 8 heteroatoms. The van der Waals surface area contributed by atoms with Gasteiger partial charge in [-0.1, -0.05) is 72.3 Å². The van der Waals surface area contributed by atoms with Crippen molar-refractivity contribution in [2.24, 2.45) is 0 Å². The van der Waals surface area contributed by atoms with Crippen LogP contribution in [-0.2, 0) is 10.0 Å². The number of benzene rings is 4. The Morgan fingerprint density at radius 3 is 2.32 bits per heavy atom. The molecule has 0 unspecified atom stereocenters. The molecule has 4 aromatic rings. The number of fused-ring (bicyclic) bond motifs is 1. The Balaban J connectivity index is 1.83. The Morgan fingerprint density at radius 1 is 0.941 bits per heavy atom. The summed E-state index contributed by atoms with van der Waals surface area (Å²) in [6.45, 7) is 0. The summed E-state index contributed by atoms with van der Waals surface area (Å²) in [5.41, 5.74) is 1.30. The third kappa shape index (κ3) is 4.50. The molecule has 0 spiro atoms. The van der Waals surface area contributed by atoms with Crippen LogP contribution in [0.15, 0.2) is 89.8 Å². The number of sulfonamides is 1. The van der Waals surface area contributed by atoms with Gasteiger partial charge in [0.15, 0.2) is 0 Å². The summed E-state index contributed by atoms with van der Waals surface area (Å²) in [7, 11) is -0.933. The molecule has 34 heavy (non-hydrogen) atoms. The Kier molecular flexibility index (Phi) is 6.61. The van der Waals surface area contributed by atoms with E-state index >= 15 is 0 Å². The van der Waals surface area contributed by atoms with E-state index in [1.807, 2.05) is 60.7 Å². The molecule has 1 atom stereocenters. The van der Waals surface area contributed by atoms with Gasteiger partial charge in [-0.15, -0.1) is 0 Å². The first-order valence-corrected chi connectivity index (χ1v) is 12.3. The van der Waals surface area contributed by atoms with Gasteiger partial charge in [0.2, 0.25) is 10.0 Å². The molecular formula is C26H23ClN2O4S. The molecule has 4 rings (SSSR count). The van der Waals surface area contributed by atoms with Crippen LogP contribution in [0.4, 0.5) is 0 Å². The summed E-state index contributed by atoms with van der Waals surface area (Å²) >= 11 is 6.30. The van der Waals surface area contributed by atoms with E-state index in [4.69, 9.17) is 11.6 Å². The average Bonchev–Trinajstić information content (AvgIpc) is 2.83. The molecular weight excluding hydrogens is 472 g/mol. The van der Waals surface area contributed by atoms with Crippen molar-refractivity contribution in [3.8, 4) is 5.75 Å². The molecule has 0 radical (unpaired) electrons. The van der Waals surface area contributed by atoms with E-state index in [2.05, 4.69) is 5.32 Å². The Morgan fingerprint density at radius 2 is 1.62 bits per heavy atom. The summed E-state index contributed by atoms with van der Waals surface area (Å²) < 4.78 is 26.3. The minimum absolute atomic E-state index is 0.0187. The minimum Gasteiger partial charge on any atom is -0.508 e.